The Balaban J connectivity index is 0.000000521. The van der Waals surface area contributed by atoms with E-state index in [0.29, 0.717) is 5.39 Å². The molecule has 0 aliphatic heterocycles. The molecule has 0 aliphatic carbocycles. The van der Waals surface area contributed by atoms with Crippen LogP contribution in [0.3, 0.4) is 0 Å². The second-order valence-electron chi connectivity index (χ2n) is 3.86. The maximum absolute atomic E-state index is 11.0. The number of ketones is 1. The van der Waals surface area contributed by atoms with Crippen molar-refractivity contribution in [2.45, 2.75) is 18.7 Å². The molecule has 2 aromatic carbocycles. The first-order valence-corrected chi connectivity index (χ1v) is 6.97. The summed E-state index contributed by atoms with van der Waals surface area (Å²) in [4.78, 5) is 17.4. The number of hydrogen-bond donors (Lipinski definition) is 1. The average Bonchev–Trinajstić information content (AvgIpc) is 2.39. The summed E-state index contributed by atoms with van der Waals surface area (Å²) in [5.74, 6) is 0.167. The molecular formula is C14H16O5S. The number of hydrogen-bond acceptors (Lipinski definition) is 4. The molecule has 108 valence electrons. The maximum Gasteiger partial charge on any atom is 0.295 e. The van der Waals surface area contributed by atoms with Gasteiger partial charge in [0, 0.05) is 5.39 Å². The van der Waals surface area contributed by atoms with Crippen molar-refractivity contribution in [3.05, 3.63) is 42.5 Å². The maximum atomic E-state index is 11.0. The first kappa shape index (κ1) is 17.9. The van der Waals surface area contributed by atoms with Crippen LogP contribution in [0.5, 0.6) is 0 Å². The predicted molar refractivity (Wildman–Crippen MR) is 77.2 cm³/mol. The van der Waals surface area contributed by atoms with Gasteiger partial charge in [-0.3, -0.25) is 4.55 Å². The molecule has 0 saturated heterocycles. The van der Waals surface area contributed by atoms with E-state index >= 15 is 0 Å². The quantitative estimate of drug-likeness (QED) is 0.817. The Morgan fingerprint density at radius 2 is 1.45 bits per heavy atom. The van der Waals surface area contributed by atoms with Crippen molar-refractivity contribution in [1.82, 2.24) is 0 Å². The Morgan fingerprint density at radius 1 is 1.00 bits per heavy atom. The molecule has 0 saturated carbocycles. The van der Waals surface area contributed by atoms with E-state index in [4.69, 9.17) is 9.35 Å². The molecule has 0 unspecified atom stereocenters. The van der Waals surface area contributed by atoms with Gasteiger partial charge in [-0.2, -0.15) is 8.42 Å². The van der Waals surface area contributed by atoms with Crippen molar-refractivity contribution in [1.29, 1.82) is 0 Å². The van der Waals surface area contributed by atoms with Crippen LogP contribution in [-0.2, 0) is 19.7 Å². The molecule has 20 heavy (non-hydrogen) atoms. The fourth-order valence-electron chi connectivity index (χ4n) is 1.42. The van der Waals surface area contributed by atoms with Crippen molar-refractivity contribution >= 4 is 33.5 Å². The third kappa shape index (κ3) is 5.73. The molecule has 0 spiro atoms. The third-order valence-corrected chi connectivity index (χ3v) is 2.94. The normalized spacial score (nSPS) is 9.75. The Hall–Kier alpha value is -2.05. The van der Waals surface area contributed by atoms with E-state index < -0.39 is 10.1 Å². The van der Waals surface area contributed by atoms with Gasteiger partial charge in [0.2, 0.25) is 0 Å². The van der Waals surface area contributed by atoms with Crippen LogP contribution in [0.25, 0.3) is 10.8 Å². The Labute approximate surface area is 118 Å². The Morgan fingerprint density at radius 3 is 1.95 bits per heavy atom. The third-order valence-electron chi connectivity index (χ3n) is 2.03. The summed E-state index contributed by atoms with van der Waals surface area (Å²) in [6.07, 6.45) is 0. The van der Waals surface area contributed by atoms with Gasteiger partial charge in [0.05, 0.1) is 0 Å². The number of rotatable bonds is 1. The van der Waals surface area contributed by atoms with Crippen molar-refractivity contribution in [2.75, 3.05) is 0 Å². The van der Waals surface area contributed by atoms with E-state index in [2.05, 4.69) is 0 Å². The Kier molecular flexibility index (Phi) is 7.35. The van der Waals surface area contributed by atoms with Crippen molar-refractivity contribution in [2.24, 2.45) is 0 Å². The van der Waals surface area contributed by atoms with E-state index in [-0.39, 0.29) is 10.7 Å². The second-order valence-corrected chi connectivity index (χ2v) is 5.25. The predicted octanol–water partition coefficient (Wildman–Crippen LogP) is 2.50. The fraction of sp³-hybridized carbons (Fsp3) is 0.143. The summed E-state index contributed by atoms with van der Waals surface area (Å²) in [6, 6.07) is 11.8. The zero-order chi connectivity index (χ0) is 15.8. The number of carbonyl (C=O) groups excluding carboxylic acids is 2. The summed E-state index contributed by atoms with van der Waals surface area (Å²) in [5.41, 5.74) is 0. The van der Waals surface area contributed by atoms with Gasteiger partial charge in [-0.1, -0.05) is 36.4 Å². The first-order valence-electron chi connectivity index (χ1n) is 5.53. The smallest absolute Gasteiger partial charge is 0.295 e. The number of Topliss-reactive ketones (excluding diaryl/α,β-unsaturated/α-hetero) is 1. The van der Waals surface area contributed by atoms with Crippen LogP contribution in [0.4, 0.5) is 0 Å². The SMILES string of the molecule is C=O.CC(C)=O.O=S(=O)(O)c1cccc2ccccc12. The minimum atomic E-state index is -4.13. The highest BCUT2D eigenvalue weighted by atomic mass is 32.2. The highest BCUT2D eigenvalue weighted by molar-refractivity contribution is 7.86. The van der Waals surface area contributed by atoms with Crippen LogP contribution in [0.2, 0.25) is 0 Å². The molecule has 6 heteroatoms. The van der Waals surface area contributed by atoms with Gasteiger partial charge < -0.3 is 9.59 Å². The first-order chi connectivity index (χ1) is 9.32. The molecule has 0 radical (unpaired) electrons. The molecule has 0 atom stereocenters. The van der Waals surface area contributed by atoms with Crippen LogP contribution in [0.15, 0.2) is 47.4 Å². The standard InChI is InChI=1S/C10H8O3S.C3H6O.CH2O/c11-14(12,13)10-7-3-5-8-4-1-2-6-9(8)10;1-3(2)4;1-2/h1-7H,(H,11,12,13);1-2H3;1H2. The zero-order valence-corrected chi connectivity index (χ0v) is 12.1. The lowest BCUT2D eigenvalue weighted by molar-refractivity contribution is -0.115. The molecular weight excluding hydrogens is 280 g/mol. The van der Waals surface area contributed by atoms with Crippen LogP contribution in [0.1, 0.15) is 13.8 Å². The molecule has 0 heterocycles. The average molecular weight is 296 g/mol. The molecule has 2 aromatic rings. The minimum Gasteiger partial charge on any atom is -0.307 e. The van der Waals surface area contributed by atoms with Crippen LogP contribution in [-0.4, -0.2) is 25.5 Å². The number of carbonyl (C=O) groups is 2. The fourth-order valence-corrected chi connectivity index (χ4v) is 2.13. The van der Waals surface area contributed by atoms with Gasteiger partial charge in [0.1, 0.15) is 17.5 Å². The van der Waals surface area contributed by atoms with E-state index in [1.165, 1.54) is 19.9 Å². The lowest BCUT2D eigenvalue weighted by Crippen LogP contribution is -1.98. The van der Waals surface area contributed by atoms with E-state index in [9.17, 15) is 13.2 Å². The summed E-state index contributed by atoms with van der Waals surface area (Å²) in [5, 5.41) is 1.33. The van der Waals surface area contributed by atoms with E-state index in [1.807, 2.05) is 12.9 Å². The van der Waals surface area contributed by atoms with Crippen molar-refractivity contribution in [3.63, 3.8) is 0 Å². The minimum absolute atomic E-state index is 0.0457. The second kappa shape index (κ2) is 8.19. The van der Waals surface area contributed by atoms with Crippen molar-refractivity contribution in [3.8, 4) is 0 Å². The van der Waals surface area contributed by atoms with Gasteiger partial charge in [0.15, 0.2) is 0 Å². The van der Waals surface area contributed by atoms with Crippen LogP contribution >= 0.6 is 0 Å². The van der Waals surface area contributed by atoms with E-state index in [1.54, 1.807) is 30.3 Å². The molecule has 0 fully saturated rings. The largest absolute Gasteiger partial charge is 0.307 e. The van der Waals surface area contributed by atoms with Gasteiger partial charge in [-0.05, 0) is 25.3 Å². The van der Waals surface area contributed by atoms with Crippen molar-refractivity contribution < 1.29 is 22.6 Å². The summed E-state index contributed by atoms with van der Waals surface area (Å²) < 4.78 is 31.0. The molecule has 5 nitrogen and oxygen atoms in total. The number of fused-ring (bicyclic) bond motifs is 1. The van der Waals surface area contributed by atoms with Gasteiger partial charge in [-0.25, -0.2) is 0 Å². The Bertz CT molecular complexity index is 668. The van der Waals surface area contributed by atoms with Gasteiger partial charge in [0.25, 0.3) is 10.1 Å². The lowest BCUT2D eigenvalue weighted by atomic mass is 10.1. The van der Waals surface area contributed by atoms with Crippen LogP contribution in [0, 0.1) is 0 Å². The van der Waals surface area contributed by atoms with E-state index in [0.717, 1.165) is 5.39 Å². The molecule has 1 N–H and O–H groups in total. The topological polar surface area (TPSA) is 88.5 Å². The monoisotopic (exact) mass is 296 g/mol. The highest BCUT2D eigenvalue weighted by Gasteiger charge is 2.12. The molecule has 0 bridgehead atoms. The van der Waals surface area contributed by atoms with Gasteiger partial charge in [-0.15, -0.1) is 0 Å². The molecule has 0 aliphatic rings. The highest BCUT2D eigenvalue weighted by Crippen LogP contribution is 2.21. The molecule has 0 amide bonds. The van der Waals surface area contributed by atoms with Gasteiger partial charge >= 0.3 is 0 Å². The summed E-state index contributed by atoms with van der Waals surface area (Å²) in [7, 11) is -4.13. The molecule has 2 rings (SSSR count). The van der Waals surface area contributed by atoms with Crippen LogP contribution < -0.4 is 0 Å². The number of benzene rings is 2. The summed E-state index contributed by atoms with van der Waals surface area (Å²) >= 11 is 0. The molecule has 0 aromatic heterocycles. The lowest BCUT2D eigenvalue weighted by Gasteiger charge is -2.02. The zero-order valence-electron chi connectivity index (χ0n) is 11.2. The summed E-state index contributed by atoms with van der Waals surface area (Å²) in [6.45, 7) is 5.06.